The van der Waals surface area contributed by atoms with E-state index in [1.807, 2.05) is 36.4 Å². The molecule has 0 saturated carbocycles. The highest BCUT2D eigenvalue weighted by Gasteiger charge is 2.42. The Morgan fingerprint density at radius 3 is 1.85 bits per heavy atom. The summed E-state index contributed by atoms with van der Waals surface area (Å²) in [7, 11) is 0. The molecule has 1 atom stereocenters. The first-order valence-corrected chi connectivity index (χ1v) is 16.3. The zero-order valence-electron chi connectivity index (χ0n) is 26.8. The Morgan fingerprint density at radius 2 is 1.24 bits per heavy atom. The monoisotopic (exact) mass is 638 g/mol. The largest absolute Gasteiger partial charge is 0.494 e. The quantitative estimate of drug-likeness (QED) is 0.0566. The molecule has 0 heterocycles. The Balaban J connectivity index is 1.47. The van der Waals surface area contributed by atoms with Crippen molar-refractivity contribution in [3.63, 3.8) is 0 Å². The number of alkyl halides is 3. The van der Waals surface area contributed by atoms with E-state index in [4.69, 9.17) is 14.2 Å². The van der Waals surface area contributed by atoms with Gasteiger partial charge in [-0.2, -0.15) is 13.2 Å². The maximum Gasteiger partial charge on any atom is 0.425 e. The molecule has 0 radical (unpaired) electrons. The highest BCUT2D eigenvalue weighted by molar-refractivity contribution is 5.91. The van der Waals surface area contributed by atoms with Gasteiger partial charge in [-0.3, -0.25) is 0 Å². The first kappa shape index (κ1) is 36.4. The van der Waals surface area contributed by atoms with E-state index in [-0.39, 0.29) is 12.2 Å². The summed E-state index contributed by atoms with van der Waals surface area (Å²) in [5, 5.41) is 0. The summed E-state index contributed by atoms with van der Waals surface area (Å²) in [5.74, 6) is -0.478. The summed E-state index contributed by atoms with van der Waals surface area (Å²) < 4.78 is 56.1. The molecule has 0 aliphatic carbocycles. The van der Waals surface area contributed by atoms with Crippen molar-refractivity contribution >= 4 is 18.0 Å². The molecular formula is C38H45F3O5. The average Bonchev–Trinajstić information content (AvgIpc) is 3.05. The van der Waals surface area contributed by atoms with Crippen LogP contribution in [-0.2, 0) is 9.53 Å². The van der Waals surface area contributed by atoms with Crippen LogP contribution in [0.5, 0.6) is 11.5 Å². The van der Waals surface area contributed by atoms with Gasteiger partial charge in [-0.25, -0.2) is 9.59 Å². The van der Waals surface area contributed by atoms with Crippen molar-refractivity contribution in [1.82, 2.24) is 0 Å². The van der Waals surface area contributed by atoms with E-state index < -0.39 is 24.2 Å². The zero-order valence-corrected chi connectivity index (χ0v) is 26.8. The lowest BCUT2D eigenvalue weighted by Gasteiger charge is -2.19. The van der Waals surface area contributed by atoms with E-state index in [2.05, 4.69) is 13.8 Å². The summed E-state index contributed by atoms with van der Waals surface area (Å²) in [5.41, 5.74) is 2.86. The Hall–Kier alpha value is -4.07. The molecular weight excluding hydrogens is 593 g/mol. The highest BCUT2D eigenvalue weighted by atomic mass is 19.4. The molecule has 0 aromatic heterocycles. The summed E-state index contributed by atoms with van der Waals surface area (Å²) in [6, 6.07) is 21.2. The van der Waals surface area contributed by atoms with Crippen LogP contribution in [0.1, 0.15) is 100 Å². The predicted molar refractivity (Wildman–Crippen MR) is 176 cm³/mol. The molecule has 0 aliphatic rings. The molecule has 8 heteroatoms. The summed E-state index contributed by atoms with van der Waals surface area (Å²) >= 11 is 0. The fourth-order valence-electron chi connectivity index (χ4n) is 4.82. The fourth-order valence-corrected chi connectivity index (χ4v) is 4.82. The predicted octanol–water partition coefficient (Wildman–Crippen LogP) is 10.8. The van der Waals surface area contributed by atoms with Crippen LogP contribution in [0.2, 0.25) is 0 Å². The molecule has 0 unspecified atom stereocenters. The van der Waals surface area contributed by atoms with Gasteiger partial charge in [0.1, 0.15) is 11.5 Å². The molecule has 0 saturated heterocycles. The lowest BCUT2D eigenvalue weighted by molar-refractivity contribution is -0.220. The third kappa shape index (κ3) is 13.1. The second-order valence-electron chi connectivity index (χ2n) is 11.3. The van der Waals surface area contributed by atoms with Crippen LogP contribution < -0.4 is 9.47 Å². The first-order valence-electron chi connectivity index (χ1n) is 16.3. The average molecular weight is 639 g/mol. The molecule has 3 aromatic carbocycles. The SMILES string of the molecule is CCCCCCCC[C@H](OC(=O)C=Cc1ccc(OC(=O)c2ccc(-c3ccc(OCCCCCC)cc3)cc2)cc1)C(F)(F)F. The molecule has 0 bridgehead atoms. The van der Waals surface area contributed by atoms with Crippen LogP contribution in [0.3, 0.4) is 0 Å². The van der Waals surface area contributed by atoms with E-state index in [0.29, 0.717) is 30.6 Å². The smallest absolute Gasteiger partial charge is 0.425 e. The normalized spacial score (nSPS) is 12.2. The van der Waals surface area contributed by atoms with E-state index >= 15 is 0 Å². The van der Waals surface area contributed by atoms with E-state index in [0.717, 1.165) is 55.1 Å². The number of carbonyl (C=O) groups is 2. The summed E-state index contributed by atoms with van der Waals surface area (Å²) in [6.45, 7) is 4.96. The van der Waals surface area contributed by atoms with Crippen LogP contribution >= 0.6 is 0 Å². The van der Waals surface area contributed by atoms with E-state index in [1.165, 1.54) is 25.3 Å². The van der Waals surface area contributed by atoms with Gasteiger partial charge in [-0.15, -0.1) is 0 Å². The zero-order chi connectivity index (χ0) is 33.2. The lowest BCUT2D eigenvalue weighted by atomic mass is 10.0. The topological polar surface area (TPSA) is 61.8 Å². The van der Waals surface area contributed by atoms with Gasteiger partial charge in [0.05, 0.1) is 12.2 Å². The van der Waals surface area contributed by atoms with Gasteiger partial charge in [-0.1, -0.05) is 102 Å². The number of hydrogen-bond donors (Lipinski definition) is 0. The second kappa shape index (κ2) is 19.4. The minimum absolute atomic E-state index is 0.250. The molecule has 0 N–H and O–H groups in total. The molecule has 3 aromatic rings. The van der Waals surface area contributed by atoms with Gasteiger partial charge >= 0.3 is 18.1 Å². The molecule has 3 rings (SSSR count). The number of carbonyl (C=O) groups excluding carboxylic acids is 2. The lowest BCUT2D eigenvalue weighted by Crippen LogP contribution is -2.33. The number of halogens is 3. The number of rotatable bonds is 19. The first-order chi connectivity index (χ1) is 22.2. The standard InChI is InChI=1S/C38H45F3O5/c1-3-5-7-9-10-11-13-35(38(39,40)41)46-36(42)27-16-29-14-23-34(24-15-29)45-37(43)32-19-17-30(18-20-32)31-21-25-33(26-22-31)44-28-12-8-6-4-2/h14-27,35H,3-13,28H2,1-2H3/t35-/m0/s1. The fraction of sp³-hybridized carbons (Fsp3) is 0.421. The number of ether oxygens (including phenoxy) is 3. The molecule has 46 heavy (non-hydrogen) atoms. The number of benzene rings is 3. The molecule has 0 spiro atoms. The van der Waals surface area contributed by atoms with Gasteiger partial charge in [0.15, 0.2) is 6.10 Å². The van der Waals surface area contributed by atoms with Crippen LogP contribution in [0, 0.1) is 0 Å². The van der Waals surface area contributed by atoms with Crippen molar-refractivity contribution in [2.75, 3.05) is 6.61 Å². The van der Waals surface area contributed by atoms with Gasteiger partial charge in [0, 0.05) is 6.08 Å². The van der Waals surface area contributed by atoms with Crippen molar-refractivity contribution in [2.24, 2.45) is 0 Å². The molecule has 0 aliphatic heterocycles. The molecule has 5 nitrogen and oxygen atoms in total. The second-order valence-corrected chi connectivity index (χ2v) is 11.3. The van der Waals surface area contributed by atoms with Gasteiger partial charge in [0.2, 0.25) is 0 Å². The van der Waals surface area contributed by atoms with Crippen molar-refractivity contribution in [3.8, 4) is 22.6 Å². The van der Waals surface area contributed by atoms with E-state index in [1.54, 1.807) is 36.4 Å². The minimum atomic E-state index is -4.62. The maximum absolute atomic E-state index is 13.4. The molecule has 0 amide bonds. The summed E-state index contributed by atoms with van der Waals surface area (Å²) in [6.07, 6.45) is 4.95. The highest BCUT2D eigenvalue weighted by Crippen LogP contribution is 2.28. The van der Waals surface area contributed by atoms with Crippen LogP contribution in [0.25, 0.3) is 17.2 Å². The van der Waals surface area contributed by atoms with Crippen LogP contribution in [0.15, 0.2) is 78.9 Å². The van der Waals surface area contributed by atoms with Gasteiger partial charge < -0.3 is 14.2 Å². The van der Waals surface area contributed by atoms with Crippen LogP contribution in [-0.4, -0.2) is 30.8 Å². The van der Waals surface area contributed by atoms with Crippen molar-refractivity contribution in [1.29, 1.82) is 0 Å². The Kier molecular flexibility index (Phi) is 15.4. The van der Waals surface area contributed by atoms with Crippen molar-refractivity contribution in [2.45, 2.75) is 96.8 Å². The van der Waals surface area contributed by atoms with E-state index in [9.17, 15) is 22.8 Å². The maximum atomic E-state index is 13.4. The van der Waals surface area contributed by atoms with Crippen molar-refractivity contribution in [3.05, 3.63) is 90.0 Å². The Morgan fingerprint density at radius 1 is 0.696 bits per heavy atom. The van der Waals surface area contributed by atoms with Gasteiger partial charge in [-0.05, 0) is 78.4 Å². The van der Waals surface area contributed by atoms with Gasteiger partial charge in [0.25, 0.3) is 0 Å². The molecule has 0 fully saturated rings. The Labute approximate surface area is 270 Å². The van der Waals surface area contributed by atoms with Crippen molar-refractivity contribution < 1.29 is 37.0 Å². The Bertz CT molecular complexity index is 1350. The van der Waals surface area contributed by atoms with Crippen LogP contribution in [0.4, 0.5) is 13.2 Å². The third-order valence-electron chi connectivity index (χ3n) is 7.52. The number of esters is 2. The summed E-state index contributed by atoms with van der Waals surface area (Å²) in [4.78, 5) is 24.8. The number of hydrogen-bond acceptors (Lipinski definition) is 5. The third-order valence-corrected chi connectivity index (χ3v) is 7.52. The number of unbranched alkanes of at least 4 members (excludes halogenated alkanes) is 8. The molecule has 248 valence electrons. The minimum Gasteiger partial charge on any atom is -0.494 e.